The summed E-state index contributed by atoms with van der Waals surface area (Å²) in [6.07, 6.45) is 7.99. The summed E-state index contributed by atoms with van der Waals surface area (Å²) >= 11 is 0. The summed E-state index contributed by atoms with van der Waals surface area (Å²) in [5, 5.41) is 3.72. The second-order valence-electron chi connectivity index (χ2n) is 6.57. The van der Waals surface area contributed by atoms with E-state index in [1.54, 1.807) is 6.08 Å². The van der Waals surface area contributed by atoms with Gasteiger partial charge in [0, 0.05) is 36.3 Å². The monoisotopic (exact) mass is 352 g/mol. The number of carbonyl (C=O) groups excluding carboxylic acids is 2. The number of nitrogens with one attached hydrogen (secondary N) is 2. The normalized spacial score (nSPS) is 15.1. The van der Waals surface area contributed by atoms with Crippen molar-refractivity contribution in [1.82, 2.24) is 14.9 Å². The van der Waals surface area contributed by atoms with Crippen molar-refractivity contribution < 1.29 is 9.59 Å². The van der Waals surface area contributed by atoms with Gasteiger partial charge in [-0.05, 0) is 43.9 Å². The molecule has 0 saturated heterocycles. The van der Waals surface area contributed by atoms with Crippen LogP contribution in [0, 0.1) is 6.92 Å². The largest absolute Gasteiger partial charge is 0.346 e. The highest BCUT2D eigenvalue weighted by atomic mass is 16.2. The molecule has 1 aliphatic heterocycles. The van der Waals surface area contributed by atoms with E-state index in [1.807, 2.05) is 37.9 Å². The molecule has 0 saturated carbocycles. The maximum atomic E-state index is 12.3. The number of fused-ring (bicyclic) bond motifs is 1. The van der Waals surface area contributed by atoms with Gasteiger partial charge in [-0.25, -0.2) is 4.98 Å². The smallest absolute Gasteiger partial charge is 0.246 e. The maximum Gasteiger partial charge on any atom is 0.246 e. The first-order valence-corrected chi connectivity index (χ1v) is 8.88. The van der Waals surface area contributed by atoms with Crippen LogP contribution in [0.15, 0.2) is 30.0 Å². The van der Waals surface area contributed by atoms with Crippen molar-refractivity contribution in [2.75, 3.05) is 18.4 Å². The van der Waals surface area contributed by atoms with Crippen LogP contribution in [0.2, 0.25) is 0 Å². The Morgan fingerprint density at radius 3 is 2.92 bits per heavy atom. The molecular formula is C20H24N4O2. The number of aromatic amines is 1. The predicted octanol–water partition coefficient (Wildman–Crippen LogP) is 3.41. The summed E-state index contributed by atoms with van der Waals surface area (Å²) in [5.74, 6) is 0.632. The van der Waals surface area contributed by atoms with Crippen molar-refractivity contribution >= 4 is 34.7 Å². The minimum Gasteiger partial charge on any atom is -0.346 e. The lowest BCUT2D eigenvalue weighted by molar-refractivity contribution is -0.125. The van der Waals surface area contributed by atoms with Crippen LogP contribution >= 0.6 is 0 Å². The molecule has 3 heterocycles. The Labute approximate surface area is 153 Å². The van der Waals surface area contributed by atoms with Crippen molar-refractivity contribution in [3.8, 4) is 0 Å². The number of amides is 2. The van der Waals surface area contributed by atoms with Crippen LogP contribution in [0.25, 0.3) is 16.6 Å². The number of nitrogens with zero attached hydrogens (tertiary/aromatic N) is 2. The molecule has 2 N–H and O–H groups in total. The van der Waals surface area contributed by atoms with Crippen molar-refractivity contribution in [1.29, 1.82) is 0 Å². The molecule has 3 rings (SSSR count). The number of hydrogen-bond acceptors (Lipinski definition) is 3. The van der Waals surface area contributed by atoms with E-state index in [0.29, 0.717) is 25.3 Å². The molecule has 2 amide bonds. The highest BCUT2D eigenvalue weighted by molar-refractivity contribution is 5.96. The first-order chi connectivity index (χ1) is 12.5. The summed E-state index contributed by atoms with van der Waals surface area (Å²) < 4.78 is 0. The number of H-pyrrole nitrogens is 1. The lowest BCUT2D eigenvalue weighted by Gasteiger charge is -2.27. The summed E-state index contributed by atoms with van der Waals surface area (Å²) in [5.41, 5.74) is 5.05. The standard InChI is InChI=1S/C20H24N4O2/c1-4-13(2)11-17(26)24-9-6-15(7-10-24)18-14(3)19(22-12-25)23-20-16(18)5-8-21-20/h5-6,8,11-12H,4,7,9-10H2,1-3H3,(H2,21,22,23,25)/b13-11+. The van der Waals surface area contributed by atoms with Crippen molar-refractivity contribution in [3.63, 3.8) is 0 Å². The fourth-order valence-corrected chi connectivity index (χ4v) is 3.28. The first-order valence-electron chi connectivity index (χ1n) is 8.88. The third kappa shape index (κ3) is 3.40. The van der Waals surface area contributed by atoms with Crippen molar-refractivity contribution in [2.24, 2.45) is 0 Å². The van der Waals surface area contributed by atoms with Gasteiger partial charge in [-0.3, -0.25) is 9.59 Å². The van der Waals surface area contributed by atoms with E-state index in [9.17, 15) is 9.59 Å². The van der Waals surface area contributed by atoms with Crippen molar-refractivity contribution in [3.05, 3.63) is 41.1 Å². The summed E-state index contributed by atoms with van der Waals surface area (Å²) in [7, 11) is 0. The number of hydrogen-bond donors (Lipinski definition) is 2. The van der Waals surface area contributed by atoms with Crippen LogP contribution in [0.4, 0.5) is 5.82 Å². The zero-order chi connectivity index (χ0) is 18.7. The van der Waals surface area contributed by atoms with Crippen LogP contribution in [0.3, 0.4) is 0 Å². The van der Waals surface area contributed by atoms with Gasteiger partial charge in [0.05, 0.1) is 0 Å². The number of pyridine rings is 1. The van der Waals surface area contributed by atoms with E-state index in [-0.39, 0.29) is 5.91 Å². The lowest BCUT2D eigenvalue weighted by atomic mass is 9.93. The molecule has 0 unspecified atom stereocenters. The number of rotatable bonds is 5. The molecule has 0 fully saturated rings. The lowest BCUT2D eigenvalue weighted by Crippen LogP contribution is -2.33. The van der Waals surface area contributed by atoms with Gasteiger partial charge in [0.1, 0.15) is 11.5 Å². The Morgan fingerprint density at radius 1 is 1.46 bits per heavy atom. The third-order valence-corrected chi connectivity index (χ3v) is 4.91. The quantitative estimate of drug-likeness (QED) is 0.639. The molecule has 136 valence electrons. The Balaban J connectivity index is 1.93. The van der Waals surface area contributed by atoms with E-state index in [0.717, 1.165) is 40.6 Å². The zero-order valence-electron chi connectivity index (χ0n) is 15.4. The molecule has 6 heteroatoms. The molecule has 6 nitrogen and oxygen atoms in total. The third-order valence-electron chi connectivity index (χ3n) is 4.91. The minimum atomic E-state index is 0.0706. The summed E-state index contributed by atoms with van der Waals surface area (Å²) in [6.45, 7) is 7.26. The SMILES string of the molecule is CC/C(C)=C/C(=O)N1CC=C(c2c(C)c(NC=O)nc3[nH]ccc23)CC1. The molecule has 2 aromatic rings. The second kappa shape index (κ2) is 7.56. The van der Waals surface area contributed by atoms with E-state index >= 15 is 0 Å². The average Bonchev–Trinajstić information content (AvgIpc) is 3.10. The Hall–Kier alpha value is -2.89. The molecule has 0 aromatic carbocycles. The highest BCUT2D eigenvalue weighted by Crippen LogP contribution is 2.34. The molecule has 0 spiro atoms. The van der Waals surface area contributed by atoms with Gasteiger partial charge in [0.2, 0.25) is 12.3 Å². The van der Waals surface area contributed by atoms with Crippen LogP contribution in [0.5, 0.6) is 0 Å². The number of aromatic nitrogens is 2. The van der Waals surface area contributed by atoms with Gasteiger partial charge in [0.25, 0.3) is 0 Å². The second-order valence-corrected chi connectivity index (χ2v) is 6.57. The Bertz CT molecular complexity index is 908. The summed E-state index contributed by atoms with van der Waals surface area (Å²) in [4.78, 5) is 32.7. The molecular weight excluding hydrogens is 328 g/mol. The zero-order valence-corrected chi connectivity index (χ0v) is 15.4. The molecule has 2 aromatic heterocycles. The minimum absolute atomic E-state index is 0.0706. The molecule has 0 aliphatic carbocycles. The number of carbonyl (C=O) groups is 2. The Kier molecular flexibility index (Phi) is 5.21. The van der Waals surface area contributed by atoms with Crippen LogP contribution < -0.4 is 5.32 Å². The molecule has 0 bridgehead atoms. The average molecular weight is 352 g/mol. The van der Waals surface area contributed by atoms with E-state index in [2.05, 4.69) is 21.4 Å². The maximum absolute atomic E-state index is 12.3. The number of anilines is 1. The molecule has 0 atom stereocenters. The number of allylic oxidation sites excluding steroid dienone is 1. The highest BCUT2D eigenvalue weighted by Gasteiger charge is 2.21. The first kappa shape index (κ1) is 17.9. The van der Waals surface area contributed by atoms with Crippen LogP contribution in [0.1, 0.15) is 37.8 Å². The van der Waals surface area contributed by atoms with Crippen LogP contribution in [-0.2, 0) is 9.59 Å². The molecule has 0 radical (unpaired) electrons. The fraction of sp³-hybridized carbons (Fsp3) is 0.350. The van der Waals surface area contributed by atoms with Gasteiger partial charge in [-0.2, -0.15) is 0 Å². The van der Waals surface area contributed by atoms with E-state index in [4.69, 9.17) is 0 Å². The van der Waals surface area contributed by atoms with Gasteiger partial charge in [0.15, 0.2) is 0 Å². The van der Waals surface area contributed by atoms with Gasteiger partial charge < -0.3 is 15.2 Å². The predicted molar refractivity (Wildman–Crippen MR) is 104 cm³/mol. The van der Waals surface area contributed by atoms with Crippen LogP contribution in [-0.4, -0.2) is 40.3 Å². The Morgan fingerprint density at radius 2 is 2.27 bits per heavy atom. The molecule has 26 heavy (non-hydrogen) atoms. The van der Waals surface area contributed by atoms with Gasteiger partial charge in [-0.15, -0.1) is 0 Å². The topological polar surface area (TPSA) is 78.1 Å². The van der Waals surface area contributed by atoms with Gasteiger partial charge >= 0.3 is 0 Å². The molecule has 1 aliphatic rings. The van der Waals surface area contributed by atoms with Gasteiger partial charge in [-0.1, -0.05) is 18.6 Å². The fourth-order valence-electron chi connectivity index (χ4n) is 3.28. The van der Waals surface area contributed by atoms with E-state index in [1.165, 1.54) is 5.57 Å². The van der Waals surface area contributed by atoms with E-state index < -0.39 is 0 Å². The van der Waals surface area contributed by atoms with Crippen molar-refractivity contribution in [2.45, 2.75) is 33.6 Å². The summed E-state index contributed by atoms with van der Waals surface area (Å²) in [6, 6.07) is 2.00.